The molecule has 150 valence electrons. The number of ether oxygens (including phenoxy) is 5. The molecule has 0 heterocycles. The predicted octanol–water partition coefficient (Wildman–Crippen LogP) is 1.02. The van der Waals surface area contributed by atoms with Gasteiger partial charge in [0.05, 0.1) is 12.7 Å². The highest BCUT2D eigenvalue weighted by Crippen LogP contribution is 2.24. The Bertz CT molecular complexity index is 502. The minimum absolute atomic E-state index is 0.0841. The number of carbonyl (C=O) groups excluding carboxylic acids is 4. The molecule has 0 aromatic rings. The van der Waals surface area contributed by atoms with Crippen molar-refractivity contribution >= 4 is 23.9 Å². The van der Waals surface area contributed by atoms with Crippen molar-refractivity contribution < 1.29 is 42.9 Å². The van der Waals surface area contributed by atoms with Gasteiger partial charge in [0.2, 0.25) is 0 Å². The van der Waals surface area contributed by atoms with Crippen LogP contribution in [0.3, 0.4) is 0 Å². The Balaban J connectivity index is 5.82. The summed E-state index contributed by atoms with van der Waals surface area (Å²) in [5.41, 5.74) is 0. The maximum atomic E-state index is 11.6. The Morgan fingerprint density at radius 1 is 0.692 bits per heavy atom. The molecule has 0 aromatic carbocycles. The zero-order valence-corrected chi connectivity index (χ0v) is 16.3. The Morgan fingerprint density at radius 3 is 1.50 bits per heavy atom. The first-order chi connectivity index (χ1) is 12.0. The average molecular weight is 376 g/mol. The highest BCUT2D eigenvalue weighted by Gasteiger charge is 2.43. The van der Waals surface area contributed by atoms with Gasteiger partial charge in [-0.3, -0.25) is 19.2 Å². The van der Waals surface area contributed by atoms with Crippen molar-refractivity contribution in [3.05, 3.63) is 0 Å². The first-order valence-electron chi connectivity index (χ1n) is 8.17. The monoisotopic (exact) mass is 376 g/mol. The van der Waals surface area contributed by atoms with E-state index in [4.69, 9.17) is 23.7 Å². The lowest BCUT2D eigenvalue weighted by atomic mass is 9.94. The Hall–Kier alpha value is -2.16. The van der Waals surface area contributed by atoms with Crippen LogP contribution in [0.1, 0.15) is 41.5 Å². The van der Waals surface area contributed by atoms with E-state index in [0.29, 0.717) is 0 Å². The van der Waals surface area contributed by atoms with E-state index in [0.717, 1.165) is 0 Å². The predicted molar refractivity (Wildman–Crippen MR) is 88.9 cm³/mol. The number of hydrogen-bond acceptors (Lipinski definition) is 9. The van der Waals surface area contributed by atoms with Crippen molar-refractivity contribution in [3.8, 4) is 0 Å². The van der Waals surface area contributed by atoms with Crippen molar-refractivity contribution in [2.75, 3.05) is 13.7 Å². The van der Waals surface area contributed by atoms with Crippen molar-refractivity contribution in [2.24, 2.45) is 5.92 Å². The van der Waals surface area contributed by atoms with Crippen LogP contribution in [-0.4, -0.2) is 62.0 Å². The SMILES string of the molecule is COC(C)C(OC(C)=O)C(OC(C)=O)C(OC(C)=O)C(C)COC(C)=O. The lowest BCUT2D eigenvalue weighted by Gasteiger charge is -2.36. The van der Waals surface area contributed by atoms with Crippen LogP contribution in [-0.2, 0) is 42.9 Å². The van der Waals surface area contributed by atoms with Gasteiger partial charge in [-0.05, 0) is 6.92 Å². The van der Waals surface area contributed by atoms with Gasteiger partial charge in [-0.1, -0.05) is 6.92 Å². The molecule has 0 rings (SSSR count). The highest BCUT2D eigenvalue weighted by atomic mass is 16.6. The summed E-state index contributed by atoms with van der Waals surface area (Å²) in [4.78, 5) is 45.7. The smallest absolute Gasteiger partial charge is 0.303 e. The summed E-state index contributed by atoms with van der Waals surface area (Å²) in [6, 6.07) is 0. The van der Waals surface area contributed by atoms with E-state index < -0.39 is 54.2 Å². The third-order valence-corrected chi connectivity index (χ3v) is 3.50. The van der Waals surface area contributed by atoms with E-state index in [9.17, 15) is 19.2 Å². The van der Waals surface area contributed by atoms with E-state index in [1.807, 2.05) is 0 Å². The van der Waals surface area contributed by atoms with Crippen LogP contribution in [0.4, 0.5) is 0 Å². The molecule has 26 heavy (non-hydrogen) atoms. The first kappa shape index (κ1) is 23.8. The third kappa shape index (κ3) is 8.80. The van der Waals surface area contributed by atoms with Crippen LogP contribution in [0, 0.1) is 5.92 Å². The molecule has 0 spiro atoms. The molecule has 0 bridgehead atoms. The molecule has 0 saturated carbocycles. The molecule has 0 aliphatic rings. The highest BCUT2D eigenvalue weighted by molar-refractivity contribution is 5.68. The van der Waals surface area contributed by atoms with Gasteiger partial charge in [-0.25, -0.2) is 0 Å². The summed E-state index contributed by atoms with van der Waals surface area (Å²) < 4.78 is 26.1. The summed E-state index contributed by atoms with van der Waals surface area (Å²) in [7, 11) is 1.40. The number of methoxy groups -OCH3 is 1. The summed E-state index contributed by atoms with van der Waals surface area (Å²) >= 11 is 0. The van der Waals surface area contributed by atoms with Crippen molar-refractivity contribution in [2.45, 2.75) is 66.0 Å². The van der Waals surface area contributed by atoms with Gasteiger partial charge in [0.15, 0.2) is 12.2 Å². The lowest BCUT2D eigenvalue weighted by molar-refractivity contribution is -0.199. The van der Waals surface area contributed by atoms with E-state index in [1.54, 1.807) is 13.8 Å². The summed E-state index contributed by atoms with van der Waals surface area (Å²) in [6.45, 7) is 7.99. The first-order valence-corrected chi connectivity index (χ1v) is 8.17. The normalized spacial score (nSPS) is 16.4. The molecule has 0 aliphatic carbocycles. The number of hydrogen-bond donors (Lipinski definition) is 0. The van der Waals surface area contributed by atoms with Crippen molar-refractivity contribution in [1.29, 1.82) is 0 Å². The fourth-order valence-corrected chi connectivity index (χ4v) is 2.31. The molecule has 0 amide bonds. The third-order valence-electron chi connectivity index (χ3n) is 3.50. The van der Waals surface area contributed by atoms with Crippen molar-refractivity contribution in [1.82, 2.24) is 0 Å². The average Bonchev–Trinajstić information content (AvgIpc) is 2.52. The van der Waals surface area contributed by atoms with E-state index in [2.05, 4.69) is 0 Å². The van der Waals surface area contributed by atoms with Crippen LogP contribution in [0.25, 0.3) is 0 Å². The fraction of sp³-hybridized carbons (Fsp3) is 0.765. The topological polar surface area (TPSA) is 114 Å². The van der Waals surface area contributed by atoms with E-state index in [1.165, 1.54) is 34.8 Å². The summed E-state index contributed by atoms with van der Waals surface area (Å²) in [6.07, 6.45) is -3.88. The molecule has 9 heteroatoms. The van der Waals surface area contributed by atoms with Crippen molar-refractivity contribution in [3.63, 3.8) is 0 Å². The maximum absolute atomic E-state index is 11.6. The van der Waals surface area contributed by atoms with Crippen LogP contribution in [0.2, 0.25) is 0 Å². The minimum Gasteiger partial charge on any atom is -0.465 e. The van der Waals surface area contributed by atoms with Gasteiger partial charge >= 0.3 is 23.9 Å². The molecule has 5 atom stereocenters. The van der Waals surface area contributed by atoms with Gasteiger partial charge in [0, 0.05) is 40.7 Å². The molecular formula is C17H28O9. The second-order valence-electron chi connectivity index (χ2n) is 5.94. The van der Waals surface area contributed by atoms with Crippen LogP contribution < -0.4 is 0 Å². The van der Waals surface area contributed by atoms with Gasteiger partial charge in [-0.2, -0.15) is 0 Å². The number of rotatable bonds is 10. The molecule has 9 nitrogen and oxygen atoms in total. The van der Waals surface area contributed by atoms with Crippen LogP contribution in [0.15, 0.2) is 0 Å². The molecule has 0 radical (unpaired) electrons. The van der Waals surface area contributed by atoms with E-state index in [-0.39, 0.29) is 6.61 Å². The Morgan fingerprint density at radius 2 is 1.12 bits per heavy atom. The standard InChI is InChI=1S/C17H28O9/c1-9(8-23-11(3)18)15(24-12(4)19)17(26-14(6)21)16(10(2)22-7)25-13(5)20/h9-10,15-17H,8H2,1-7H3. The molecular weight excluding hydrogens is 348 g/mol. The number of carbonyl (C=O) groups is 4. The molecule has 0 aliphatic heterocycles. The Kier molecular flexibility index (Phi) is 10.5. The van der Waals surface area contributed by atoms with Crippen LogP contribution in [0.5, 0.6) is 0 Å². The summed E-state index contributed by atoms with van der Waals surface area (Å²) in [5, 5.41) is 0. The quantitative estimate of drug-likeness (QED) is 0.407. The van der Waals surface area contributed by atoms with Gasteiger partial charge < -0.3 is 23.7 Å². The van der Waals surface area contributed by atoms with Gasteiger partial charge in [-0.15, -0.1) is 0 Å². The second kappa shape index (κ2) is 11.5. The minimum atomic E-state index is -1.15. The molecule has 0 saturated heterocycles. The van der Waals surface area contributed by atoms with Gasteiger partial charge in [0.1, 0.15) is 6.10 Å². The maximum Gasteiger partial charge on any atom is 0.303 e. The largest absolute Gasteiger partial charge is 0.465 e. The Labute approximate surface area is 153 Å². The van der Waals surface area contributed by atoms with Crippen LogP contribution >= 0.6 is 0 Å². The van der Waals surface area contributed by atoms with E-state index >= 15 is 0 Å². The lowest BCUT2D eigenvalue weighted by Crippen LogP contribution is -2.52. The zero-order valence-electron chi connectivity index (χ0n) is 16.3. The number of esters is 4. The second-order valence-corrected chi connectivity index (χ2v) is 5.94. The van der Waals surface area contributed by atoms with Gasteiger partial charge in [0.25, 0.3) is 0 Å². The molecule has 5 unspecified atom stereocenters. The fourth-order valence-electron chi connectivity index (χ4n) is 2.31. The summed E-state index contributed by atoms with van der Waals surface area (Å²) in [5.74, 6) is -2.97. The zero-order chi connectivity index (χ0) is 20.4. The molecule has 0 aromatic heterocycles. The molecule has 0 N–H and O–H groups in total. The molecule has 0 fully saturated rings.